The van der Waals surface area contributed by atoms with Crippen LogP contribution in [-0.4, -0.2) is 48.7 Å². The van der Waals surface area contributed by atoms with Crippen LogP contribution < -0.4 is 16.4 Å². The van der Waals surface area contributed by atoms with Crippen LogP contribution in [0.25, 0.3) is 39.0 Å². The van der Waals surface area contributed by atoms with E-state index >= 15 is 0 Å². The Hall–Kier alpha value is -4.23. The normalized spacial score (nSPS) is 11.6. The first-order valence-corrected chi connectivity index (χ1v) is 19.3. The minimum Gasteiger partial charge on any atom is -0.398 e. The molecule has 6 heteroatoms. The van der Waals surface area contributed by atoms with Crippen LogP contribution in [0.1, 0.15) is 80.3 Å². The number of nitrogen functional groups attached to an aromatic ring is 1. The summed E-state index contributed by atoms with van der Waals surface area (Å²) in [6.07, 6.45) is 8.30. The average Bonchev–Trinajstić information content (AvgIpc) is 3.37. The summed E-state index contributed by atoms with van der Waals surface area (Å²) in [6, 6.07) is 19.4. The predicted octanol–water partition coefficient (Wildman–Crippen LogP) is 11.5. The molecule has 5 rings (SSSR count). The summed E-state index contributed by atoms with van der Waals surface area (Å²) in [7, 11) is 5.94. The monoisotopic (exact) mass is 719 g/mol. The zero-order valence-corrected chi connectivity index (χ0v) is 34.2. The molecule has 0 unspecified atom stereocenters. The molecule has 1 aliphatic heterocycles. The van der Waals surface area contributed by atoms with E-state index < -0.39 is 0 Å². The molecule has 0 saturated carbocycles. The topological polar surface area (TPSA) is 69.1 Å². The first-order chi connectivity index (χ1) is 24.8. The van der Waals surface area contributed by atoms with Crippen LogP contribution in [0, 0.1) is 6.92 Å². The second-order valence-corrected chi connectivity index (χ2v) is 15.3. The van der Waals surface area contributed by atoms with Crippen LogP contribution in [0.3, 0.4) is 0 Å². The number of anilines is 1. The maximum absolute atomic E-state index is 5.86. The molecule has 0 saturated heterocycles. The van der Waals surface area contributed by atoms with Gasteiger partial charge in [-0.3, -0.25) is 4.90 Å². The first-order valence-electron chi connectivity index (χ1n) is 18.3. The molecule has 2 heterocycles. The second kappa shape index (κ2) is 22.7. The number of benzene rings is 3. The van der Waals surface area contributed by atoms with Crippen molar-refractivity contribution in [1.29, 1.82) is 0 Å². The molecule has 52 heavy (non-hydrogen) atoms. The quantitative estimate of drug-likeness (QED) is 0.0508. The number of aryl methyl sites for hydroxylation is 1. The van der Waals surface area contributed by atoms with E-state index in [-0.39, 0.29) is 0 Å². The number of hydrogen-bond acceptors (Lipinski definition) is 5. The minimum atomic E-state index is 0.669. The van der Waals surface area contributed by atoms with Gasteiger partial charge in [0.15, 0.2) is 0 Å². The van der Waals surface area contributed by atoms with Crippen LogP contribution in [0.4, 0.5) is 5.69 Å². The van der Waals surface area contributed by atoms with Gasteiger partial charge in [0.05, 0.1) is 0 Å². The maximum Gasteiger partial charge on any atom is 0.0498 e. The smallest absolute Gasteiger partial charge is 0.0498 e. The van der Waals surface area contributed by atoms with Crippen molar-refractivity contribution in [3.8, 4) is 11.3 Å². The largest absolute Gasteiger partial charge is 0.398 e. The number of nitrogens with two attached hydrogens (primary N) is 1. The average molecular weight is 720 g/mol. The molecule has 4 aromatic rings. The van der Waals surface area contributed by atoms with Gasteiger partial charge in [0.2, 0.25) is 0 Å². The van der Waals surface area contributed by atoms with E-state index in [2.05, 4.69) is 118 Å². The van der Waals surface area contributed by atoms with Crippen molar-refractivity contribution in [3.63, 3.8) is 0 Å². The van der Waals surface area contributed by atoms with Gasteiger partial charge in [-0.25, -0.2) is 0 Å². The fraction of sp³-hybridized carbons (Fsp3) is 0.348. The van der Waals surface area contributed by atoms with E-state index in [1.807, 2.05) is 70.1 Å². The zero-order chi connectivity index (χ0) is 38.8. The number of thioether (sulfide) groups is 1. The molecule has 0 atom stereocenters. The van der Waals surface area contributed by atoms with E-state index in [1.165, 1.54) is 50.8 Å². The standard InChI is InChI=1S/C25H31N3S.C12H15N.C7H12.C2H7N/c1-16(2)29-15-28(5)14-19-6-8-20(9-7-19)25-21-10-11-26-18(4)22-12-17(3)13-23(27-25)24(21)22;1-8(2)10-6-5-7-11(13)12(10)9(3)4;1-3-5-7-6-4-2;1-3-2/h6-9,12-13,16,26-27H,4,10-11,14-15H2,1-3,5H3;5-7H,1,3,13H2,2,4H3;3-4H,1-2,5-7H2;3H,1-2H3. The molecule has 0 radical (unpaired) electrons. The summed E-state index contributed by atoms with van der Waals surface area (Å²) in [5.41, 5.74) is 20.7. The highest BCUT2D eigenvalue weighted by Gasteiger charge is 2.20. The van der Waals surface area contributed by atoms with E-state index in [4.69, 9.17) is 5.73 Å². The highest BCUT2D eigenvalue weighted by molar-refractivity contribution is 7.99. The lowest BCUT2D eigenvalue weighted by molar-refractivity contribution is 0.386. The van der Waals surface area contributed by atoms with E-state index in [0.29, 0.717) is 5.25 Å². The van der Waals surface area contributed by atoms with Gasteiger partial charge in [-0.05, 0) is 119 Å². The molecule has 5 nitrogen and oxygen atoms in total. The third-order valence-corrected chi connectivity index (χ3v) is 9.56. The van der Waals surface area contributed by atoms with Gasteiger partial charge in [0.25, 0.3) is 0 Å². The van der Waals surface area contributed by atoms with Crippen molar-refractivity contribution in [3.05, 3.63) is 133 Å². The molecule has 280 valence electrons. The Labute approximate surface area is 320 Å². The van der Waals surface area contributed by atoms with Crippen LogP contribution in [0.15, 0.2) is 99.6 Å². The Bertz CT molecular complexity index is 1770. The summed E-state index contributed by atoms with van der Waals surface area (Å²) >= 11 is 1.98. The van der Waals surface area contributed by atoms with Gasteiger partial charge in [-0.1, -0.05) is 87.7 Å². The molecule has 0 aliphatic carbocycles. The van der Waals surface area contributed by atoms with Gasteiger partial charge in [-0.2, -0.15) is 0 Å². The summed E-state index contributed by atoms with van der Waals surface area (Å²) in [6.45, 7) is 31.8. The van der Waals surface area contributed by atoms with Gasteiger partial charge in [0, 0.05) is 63.3 Å². The second-order valence-electron chi connectivity index (χ2n) is 13.8. The minimum absolute atomic E-state index is 0.669. The van der Waals surface area contributed by atoms with Gasteiger partial charge >= 0.3 is 0 Å². The number of rotatable bonds is 12. The van der Waals surface area contributed by atoms with Crippen LogP contribution in [0.5, 0.6) is 0 Å². The van der Waals surface area contributed by atoms with Crippen LogP contribution in [0.2, 0.25) is 0 Å². The summed E-state index contributed by atoms with van der Waals surface area (Å²) in [4.78, 5) is 6.09. The Morgan fingerprint density at radius 1 is 1.00 bits per heavy atom. The van der Waals surface area contributed by atoms with Crippen LogP contribution in [-0.2, 0) is 13.0 Å². The summed E-state index contributed by atoms with van der Waals surface area (Å²) < 4.78 is 0. The lowest BCUT2D eigenvalue weighted by Crippen LogP contribution is -2.18. The molecule has 0 fully saturated rings. The highest BCUT2D eigenvalue weighted by Crippen LogP contribution is 2.37. The van der Waals surface area contributed by atoms with Gasteiger partial charge < -0.3 is 21.4 Å². The number of nitrogens with zero attached hydrogens (tertiary/aromatic N) is 1. The molecule has 1 aliphatic rings. The van der Waals surface area contributed by atoms with Crippen molar-refractivity contribution in [2.24, 2.45) is 0 Å². The molecule has 1 aromatic heterocycles. The predicted molar refractivity (Wildman–Crippen MR) is 238 cm³/mol. The molecule has 0 spiro atoms. The number of aromatic amines is 1. The molecular formula is C46H65N5S. The maximum atomic E-state index is 5.86. The van der Waals surface area contributed by atoms with Crippen molar-refractivity contribution < 1.29 is 0 Å². The fourth-order valence-corrected chi connectivity index (χ4v) is 6.58. The van der Waals surface area contributed by atoms with Crippen LogP contribution >= 0.6 is 11.8 Å². The zero-order valence-electron chi connectivity index (χ0n) is 33.3. The number of hydrogen-bond donors (Lipinski definition) is 4. The number of unbranched alkanes of at least 4 members (excludes halogenated alkanes) is 2. The first kappa shape index (κ1) is 43.9. The Morgan fingerprint density at radius 3 is 2.17 bits per heavy atom. The van der Waals surface area contributed by atoms with E-state index in [0.717, 1.165) is 71.9 Å². The Balaban J connectivity index is 0.000000335. The van der Waals surface area contributed by atoms with Crippen molar-refractivity contribution in [2.45, 2.75) is 72.1 Å². The molecular weight excluding hydrogens is 655 g/mol. The molecule has 0 amide bonds. The lowest BCUT2D eigenvalue weighted by Gasteiger charge is -2.17. The number of nitrogens with one attached hydrogen (secondary N) is 3. The van der Waals surface area contributed by atoms with Crippen molar-refractivity contribution in [1.82, 2.24) is 20.5 Å². The number of allylic oxidation sites excluding steroid dienone is 4. The summed E-state index contributed by atoms with van der Waals surface area (Å²) in [5.74, 6) is 1.06. The summed E-state index contributed by atoms with van der Waals surface area (Å²) in [5, 5.41) is 8.23. The fourth-order valence-electron chi connectivity index (χ4n) is 5.93. The number of aromatic nitrogens is 1. The number of H-pyrrole nitrogens is 1. The van der Waals surface area contributed by atoms with Crippen molar-refractivity contribution >= 4 is 45.2 Å². The Kier molecular flexibility index (Phi) is 19.1. The highest BCUT2D eigenvalue weighted by atomic mass is 32.2. The van der Waals surface area contributed by atoms with Crippen molar-refractivity contribution in [2.75, 3.05) is 39.3 Å². The third kappa shape index (κ3) is 13.4. The van der Waals surface area contributed by atoms with Gasteiger partial charge in [0.1, 0.15) is 0 Å². The third-order valence-electron chi connectivity index (χ3n) is 8.31. The Morgan fingerprint density at radius 2 is 1.63 bits per heavy atom. The van der Waals surface area contributed by atoms with Gasteiger partial charge in [-0.15, -0.1) is 24.9 Å². The van der Waals surface area contributed by atoms with E-state index in [1.54, 1.807) is 0 Å². The lowest BCUT2D eigenvalue weighted by atomic mass is 9.96. The SMILES string of the molecule is C=C(C)c1cccc(N)c1C(=C)C.C=C1NCCc2c(-c3ccc(CN(C)CSC(C)C)cc3)[nH]c3cc(C)cc1c23.C=CCCCC=C.CNC. The molecule has 0 bridgehead atoms. The molecule has 5 N–H and O–H groups in total. The molecule has 3 aromatic carbocycles. The van der Waals surface area contributed by atoms with E-state index in [9.17, 15) is 0 Å².